The lowest BCUT2D eigenvalue weighted by Crippen LogP contribution is -2.40. The van der Waals surface area contributed by atoms with Gasteiger partial charge in [0.1, 0.15) is 18.0 Å². The Morgan fingerprint density at radius 2 is 1.96 bits per heavy atom. The van der Waals surface area contributed by atoms with E-state index in [1.54, 1.807) is 24.3 Å². The van der Waals surface area contributed by atoms with Crippen molar-refractivity contribution in [2.45, 2.75) is 37.8 Å². The summed E-state index contributed by atoms with van der Waals surface area (Å²) in [4.78, 5) is 16.3. The Labute approximate surface area is 145 Å². The number of hydrogen-bond acceptors (Lipinski definition) is 4. The Morgan fingerprint density at radius 1 is 1.20 bits per heavy atom. The second-order valence-electron chi connectivity index (χ2n) is 6.04. The van der Waals surface area contributed by atoms with Gasteiger partial charge in [-0.25, -0.2) is 9.37 Å². The molecule has 0 spiro atoms. The topological polar surface area (TPSA) is 75.0 Å². The molecule has 128 valence electrons. The number of ether oxygens (including phenoxy) is 1. The van der Waals surface area contributed by atoms with Gasteiger partial charge in [-0.3, -0.25) is 4.79 Å². The Bertz CT molecular complexity index is 778. The van der Waals surface area contributed by atoms with Gasteiger partial charge in [-0.05, 0) is 43.9 Å². The average Bonchev–Trinajstić information content (AvgIpc) is 2.64. The molecule has 1 N–H and O–H groups in total. The molecular weight excluding hydrogens is 321 g/mol. The average molecular weight is 339 g/mol. The Hall–Kier alpha value is -2.94. The highest BCUT2D eigenvalue weighted by molar-refractivity contribution is 5.94. The fourth-order valence-electron chi connectivity index (χ4n) is 2.92. The van der Waals surface area contributed by atoms with E-state index in [2.05, 4.69) is 10.3 Å². The molecule has 1 aliphatic rings. The van der Waals surface area contributed by atoms with Gasteiger partial charge in [0, 0.05) is 18.3 Å². The monoisotopic (exact) mass is 339 g/mol. The van der Waals surface area contributed by atoms with Crippen LogP contribution in [-0.2, 0) is 0 Å². The van der Waals surface area contributed by atoms with Gasteiger partial charge < -0.3 is 10.1 Å². The summed E-state index contributed by atoms with van der Waals surface area (Å²) in [6.07, 6.45) is 4.60. The van der Waals surface area contributed by atoms with E-state index in [1.165, 1.54) is 18.3 Å². The van der Waals surface area contributed by atoms with Crippen LogP contribution in [-0.4, -0.2) is 23.0 Å². The number of amides is 1. The van der Waals surface area contributed by atoms with Gasteiger partial charge in [-0.2, -0.15) is 5.26 Å². The lowest BCUT2D eigenvalue weighted by molar-refractivity contribution is 0.0886. The molecule has 0 aliphatic heterocycles. The fourth-order valence-corrected chi connectivity index (χ4v) is 2.92. The standard InChI is InChI=1S/C19H18FN3O2/c20-17-4-2-1-3-16(17)19(24)23-14-6-8-15(9-7-14)25-18-10-5-13(11-21)12-22-18/h1-5,10,12,14-15H,6-9H2,(H,23,24). The summed E-state index contributed by atoms with van der Waals surface area (Å²) >= 11 is 0. The highest BCUT2D eigenvalue weighted by Crippen LogP contribution is 2.23. The number of rotatable bonds is 4. The Morgan fingerprint density at radius 3 is 2.60 bits per heavy atom. The molecule has 1 heterocycles. The number of nitrogens with zero attached hydrogens (tertiary/aromatic N) is 2. The maximum Gasteiger partial charge on any atom is 0.254 e. The van der Waals surface area contributed by atoms with Gasteiger partial charge in [0.05, 0.1) is 11.1 Å². The zero-order valence-corrected chi connectivity index (χ0v) is 13.6. The lowest BCUT2D eigenvalue weighted by Gasteiger charge is -2.29. The van der Waals surface area contributed by atoms with Gasteiger partial charge in [-0.1, -0.05) is 12.1 Å². The van der Waals surface area contributed by atoms with Crippen LogP contribution >= 0.6 is 0 Å². The summed E-state index contributed by atoms with van der Waals surface area (Å²) in [5, 5.41) is 11.7. The lowest BCUT2D eigenvalue weighted by atomic mass is 9.92. The first-order valence-electron chi connectivity index (χ1n) is 8.24. The number of carbonyl (C=O) groups excluding carboxylic acids is 1. The normalized spacial score (nSPS) is 19.7. The van der Waals surface area contributed by atoms with E-state index >= 15 is 0 Å². The Balaban J connectivity index is 1.49. The first kappa shape index (κ1) is 16.9. The van der Waals surface area contributed by atoms with Crippen molar-refractivity contribution in [1.82, 2.24) is 10.3 Å². The molecule has 0 bridgehead atoms. The molecule has 0 radical (unpaired) electrons. The van der Waals surface area contributed by atoms with E-state index in [0.717, 1.165) is 25.7 Å². The molecule has 0 atom stereocenters. The molecule has 0 unspecified atom stereocenters. The van der Waals surface area contributed by atoms with Crippen molar-refractivity contribution in [2.24, 2.45) is 0 Å². The molecule has 1 aliphatic carbocycles. The summed E-state index contributed by atoms with van der Waals surface area (Å²) in [6.45, 7) is 0. The number of hydrogen-bond donors (Lipinski definition) is 1. The summed E-state index contributed by atoms with van der Waals surface area (Å²) < 4.78 is 19.5. The number of nitrogens with one attached hydrogen (secondary N) is 1. The second kappa shape index (κ2) is 7.75. The summed E-state index contributed by atoms with van der Waals surface area (Å²) in [7, 11) is 0. The molecule has 25 heavy (non-hydrogen) atoms. The molecular formula is C19H18FN3O2. The van der Waals surface area contributed by atoms with Gasteiger partial charge in [0.25, 0.3) is 5.91 Å². The van der Waals surface area contributed by atoms with E-state index in [-0.39, 0.29) is 23.6 Å². The molecule has 1 amide bonds. The van der Waals surface area contributed by atoms with E-state index in [0.29, 0.717) is 11.4 Å². The first-order valence-corrected chi connectivity index (χ1v) is 8.24. The van der Waals surface area contributed by atoms with Crippen molar-refractivity contribution in [3.05, 3.63) is 59.5 Å². The highest BCUT2D eigenvalue weighted by Gasteiger charge is 2.24. The van der Waals surface area contributed by atoms with Crippen molar-refractivity contribution < 1.29 is 13.9 Å². The maximum absolute atomic E-state index is 13.6. The minimum absolute atomic E-state index is 0.0147. The summed E-state index contributed by atoms with van der Waals surface area (Å²) in [5.41, 5.74) is 0.564. The van der Waals surface area contributed by atoms with Crippen LogP contribution in [0.4, 0.5) is 4.39 Å². The van der Waals surface area contributed by atoms with Crippen molar-refractivity contribution in [2.75, 3.05) is 0 Å². The predicted octanol–water partition coefficient (Wildman–Crippen LogP) is 3.21. The van der Waals surface area contributed by atoms with Crippen LogP contribution in [0.3, 0.4) is 0 Å². The summed E-state index contributed by atoms with van der Waals surface area (Å²) in [6, 6.07) is 11.4. The zero-order chi connectivity index (χ0) is 17.6. The highest BCUT2D eigenvalue weighted by atomic mass is 19.1. The number of benzene rings is 1. The van der Waals surface area contributed by atoms with Crippen LogP contribution in [0, 0.1) is 17.1 Å². The zero-order valence-electron chi connectivity index (χ0n) is 13.6. The van der Waals surface area contributed by atoms with Crippen molar-refractivity contribution in [3.63, 3.8) is 0 Å². The number of aromatic nitrogens is 1. The predicted molar refractivity (Wildman–Crippen MR) is 89.5 cm³/mol. The van der Waals surface area contributed by atoms with Gasteiger partial charge in [0.15, 0.2) is 0 Å². The fraction of sp³-hybridized carbons (Fsp3) is 0.316. The molecule has 2 aromatic rings. The SMILES string of the molecule is N#Cc1ccc(OC2CCC(NC(=O)c3ccccc3F)CC2)nc1. The minimum atomic E-state index is -0.510. The number of halogens is 1. The van der Waals surface area contributed by atoms with Crippen molar-refractivity contribution in [3.8, 4) is 11.9 Å². The molecule has 1 fully saturated rings. The number of nitriles is 1. The molecule has 5 nitrogen and oxygen atoms in total. The third-order valence-corrected chi connectivity index (χ3v) is 4.28. The number of pyridine rings is 1. The molecule has 3 rings (SSSR count). The minimum Gasteiger partial charge on any atom is -0.474 e. The van der Waals surface area contributed by atoms with E-state index < -0.39 is 5.82 Å². The third-order valence-electron chi connectivity index (χ3n) is 4.28. The molecule has 1 aromatic carbocycles. The Kier molecular flexibility index (Phi) is 5.24. The number of carbonyl (C=O) groups is 1. The molecule has 6 heteroatoms. The van der Waals surface area contributed by atoms with Gasteiger partial charge in [0.2, 0.25) is 5.88 Å². The van der Waals surface area contributed by atoms with Crippen molar-refractivity contribution in [1.29, 1.82) is 5.26 Å². The third kappa shape index (κ3) is 4.32. The van der Waals surface area contributed by atoms with Crippen LogP contribution in [0.5, 0.6) is 5.88 Å². The molecule has 1 saturated carbocycles. The molecule has 1 aromatic heterocycles. The van der Waals surface area contributed by atoms with Crippen molar-refractivity contribution >= 4 is 5.91 Å². The van der Waals surface area contributed by atoms with Crippen LogP contribution in [0.1, 0.15) is 41.6 Å². The first-order chi connectivity index (χ1) is 12.2. The molecule has 0 saturated heterocycles. The van der Waals surface area contributed by atoms with E-state index in [4.69, 9.17) is 10.00 Å². The van der Waals surface area contributed by atoms with E-state index in [9.17, 15) is 9.18 Å². The van der Waals surface area contributed by atoms with E-state index in [1.807, 2.05) is 6.07 Å². The smallest absolute Gasteiger partial charge is 0.254 e. The van der Waals surface area contributed by atoms with Gasteiger partial charge in [-0.15, -0.1) is 0 Å². The van der Waals surface area contributed by atoms with Crippen LogP contribution in [0.25, 0.3) is 0 Å². The van der Waals surface area contributed by atoms with Gasteiger partial charge >= 0.3 is 0 Å². The quantitative estimate of drug-likeness (QED) is 0.928. The maximum atomic E-state index is 13.6. The van der Waals surface area contributed by atoms with Crippen LogP contribution in [0.15, 0.2) is 42.6 Å². The largest absolute Gasteiger partial charge is 0.474 e. The van der Waals surface area contributed by atoms with Crippen LogP contribution < -0.4 is 10.1 Å². The summed E-state index contributed by atoms with van der Waals surface area (Å²) in [5.74, 6) is -0.391. The second-order valence-corrected chi connectivity index (χ2v) is 6.04. The van der Waals surface area contributed by atoms with Crippen LogP contribution in [0.2, 0.25) is 0 Å².